The molecule has 0 bridgehead atoms. The van der Waals surface area contributed by atoms with Crippen LogP contribution >= 0.6 is 11.6 Å². The number of anilines is 1. The van der Waals surface area contributed by atoms with Crippen LogP contribution in [-0.4, -0.2) is 24.9 Å². The zero-order valence-electron chi connectivity index (χ0n) is 10.5. The van der Waals surface area contributed by atoms with Gasteiger partial charge in [0, 0.05) is 31.0 Å². The molecule has 18 heavy (non-hydrogen) atoms. The second kappa shape index (κ2) is 6.08. The fourth-order valence-corrected chi connectivity index (χ4v) is 1.45. The Kier molecular flexibility index (Phi) is 4.75. The van der Waals surface area contributed by atoms with E-state index in [0.29, 0.717) is 10.7 Å². The van der Waals surface area contributed by atoms with Crippen molar-refractivity contribution in [2.45, 2.75) is 6.92 Å². The van der Waals surface area contributed by atoms with E-state index >= 15 is 0 Å². The quantitative estimate of drug-likeness (QED) is 0.674. The molecule has 0 aliphatic carbocycles. The maximum absolute atomic E-state index is 11.8. The highest BCUT2D eigenvalue weighted by atomic mass is 35.5. The van der Waals surface area contributed by atoms with Crippen molar-refractivity contribution in [2.75, 3.05) is 19.4 Å². The Balaban J connectivity index is 2.87. The maximum Gasteiger partial charge on any atom is 0.267 e. The molecule has 1 aromatic carbocycles. The molecule has 0 aromatic heterocycles. The average molecular weight is 264 g/mol. The summed E-state index contributed by atoms with van der Waals surface area (Å²) in [4.78, 5) is 13.4. The lowest BCUT2D eigenvalue weighted by Gasteiger charge is -2.08. The van der Waals surface area contributed by atoms with Crippen LogP contribution in [-0.2, 0) is 4.79 Å². The molecule has 0 spiro atoms. The largest absolute Gasteiger partial charge is 0.382 e. The van der Waals surface area contributed by atoms with Crippen LogP contribution in [0.15, 0.2) is 30.0 Å². The number of hydrogen-bond donors (Lipinski definition) is 1. The van der Waals surface area contributed by atoms with E-state index in [-0.39, 0.29) is 5.57 Å². The van der Waals surface area contributed by atoms with Gasteiger partial charge in [-0.15, -0.1) is 0 Å². The molecule has 0 radical (unpaired) electrons. The molecule has 1 rings (SSSR count). The van der Waals surface area contributed by atoms with Gasteiger partial charge in [0.2, 0.25) is 0 Å². The van der Waals surface area contributed by atoms with Gasteiger partial charge in [0.1, 0.15) is 11.6 Å². The predicted molar refractivity (Wildman–Crippen MR) is 72.2 cm³/mol. The number of nitrogens with one attached hydrogen (secondary N) is 1. The first-order valence-corrected chi connectivity index (χ1v) is 5.67. The molecule has 0 aliphatic heterocycles. The van der Waals surface area contributed by atoms with Crippen molar-refractivity contribution in [3.63, 3.8) is 0 Å². The summed E-state index contributed by atoms with van der Waals surface area (Å²) in [6, 6.07) is 7.05. The number of amides is 1. The molecule has 5 heteroatoms. The summed E-state index contributed by atoms with van der Waals surface area (Å²) < 4.78 is 0. The van der Waals surface area contributed by atoms with E-state index in [1.165, 1.54) is 6.20 Å². The maximum atomic E-state index is 11.8. The highest BCUT2D eigenvalue weighted by Gasteiger charge is 2.10. The Hall–Kier alpha value is -1.99. The molecular weight excluding hydrogens is 250 g/mol. The summed E-state index contributed by atoms with van der Waals surface area (Å²) >= 11 is 5.96. The third-order valence-corrected chi connectivity index (χ3v) is 2.59. The second-order valence-electron chi connectivity index (χ2n) is 4.04. The number of halogens is 1. The van der Waals surface area contributed by atoms with E-state index in [1.807, 2.05) is 13.0 Å². The number of carbonyl (C=O) groups is 1. The van der Waals surface area contributed by atoms with Gasteiger partial charge in [0.25, 0.3) is 5.91 Å². The Morgan fingerprint density at radius 1 is 1.50 bits per heavy atom. The third kappa shape index (κ3) is 3.79. The Labute approximate surface area is 111 Å². The summed E-state index contributed by atoms with van der Waals surface area (Å²) in [5.41, 5.74) is 1.53. The normalized spacial score (nSPS) is 10.7. The first-order chi connectivity index (χ1) is 8.43. The van der Waals surface area contributed by atoms with Crippen molar-refractivity contribution in [2.24, 2.45) is 0 Å². The van der Waals surface area contributed by atoms with Gasteiger partial charge in [-0.25, -0.2) is 0 Å². The number of rotatable bonds is 3. The molecule has 0 atom stereocenters. The summed E-state index contributed by atoms with van der Waals surface area (Å²) in [7, 11) is 3.49. The van der Waals surface area contributed by atoms with E-state index in [0.717, 1.165) is 5.56 Å². The number of nitriles is 1. The van der Waals surface area contributed by atoms with Crippen molar-refractivity contribution in [1.82, 2.24) is 4.90 Å². The van der Waals surface area contributed by atoms with Gasteiger partial charge >= 0.3 is 0 Å². The standard InChI is InChI=1S/C13H14ClN3O/c1-9-4-5-11(6-12(9)14)16-13(18)10(7-15)8-17(2)3/h4-6,8H,1-3H3,(H,16,18)/b10-8+. The summed E-state index contributed by atoms with van der Waals surface area (Å²) in [5, 5.41) is 12.1. The van der Waals surface area contributed by atoms with Gasteiger partial charge in [0.05, 0.1) is 0 Å². The minimum absolute atomic E-state index is 0.0386. The van der Waals surface area contributed by atoms with E-state index < -0.39 is 5.91 Å². The molecule has 4 nitrogen and oxygen atoms in total. The molecule has 1 N–H and O–H groups in total. The van der Waals surface area contributed by atoms with Crippen molar-refractivity contribution >= 4 is 23.2 Å². The van der Waals surface area contributed by atoms with Crippen molar-refractivity contribution in [1.29, 1.82) is 5.26 Å². The van der Waals surface area contributed by atoms with Crippen LogP contribution in [0.3, 0.4) is 0 Å². The summed E-state index contributed by atoms with van der Waals surface area (Å²) in [6.45, 7) is 1.88. The molecule has 0 saturated carbocycles. The fraction of sp³-hybridized carbons (Fsp3) is 0.231. The minimum Gasteiger partial charge on any atom is -0.382 e. The average Bonchev–Trinajstić information content (AvgIpc) is 2.30. The van der Waals surface area contributed by atoms with E-state index in [4.69, 9.17) is 16.9 Å². The molecule has 0 fully saturated rings. The monoisotopic (exact) mass is 263 g/mol. The number of hydrogen-bond acceptors (Lipinski definition) is 3. The van der Waals surface area contributed by atoms with Crippen molar-refractivity contribution in [3.8, 4) is 6.07 Å². The van der Waals surface area contributed by atoms with Crippen LogP contribution in [0.25, 0.3) is 0 Å². The SMILES string of the molecule is Cc1ccc(NC(=O)/C(C#N)=C/N(C)C)cc1Cl. The number of aryl methyl sites for hydroxylation is 1. The van der Waals surface area contributed by atoms with Gasteiger partial charge in [-0.1, -0.05) is 17.7 Å². The first-order valence-electron chi connectivity index (χ1n) is 5.30. The van der Waals surface area contributed by atoms with Crippen LogP contribution in [0.2, 0.25) is 5.02 Å². The molecule has 0 aliphatic rings. The van der Waals surface area contributed by atoms with E-state index in [9.17, 15) is 4.79 Å². The Bertz CT molecular complexity index is 530. The summed E-state index contributed by atoms with van der Waals surface area (Å²) in [5.74, 6) is -0.453. The number of carbonyl (C=O) groups excluding carboxylic acids is 1. The number of nitrogens with zero attached hydrogens (tertiary/aromatic N) is 2. The second-order valence-corrected chi connectivity index (χ2v) is 4.44. The third-order valence-electron chi connectivity index (χ3n) is 2.18. The Morgan fingerprint density at radius 2 is 2.17 bits per heavy atom. The van der Waals surface area contributed by atoms with Gasteiger partial charge in [0.15, 0.2) is 0 Å². The smallest absolute Gasteiger partial charge is 0.267 e. The molecule has 0 saturated heterocycles. The first kappa shape index (κ1) is 14.1. The fourth-order valence-electron chi connectivity index (χ4n) is 1.27. The van der Waals surface area contributed by atoms with E-state index in [2.05, 4.69) is 5.32 Å². The van der Waals surface area contributed by atoms with Crippen LogP contribution < -0.4 is 5.32 Å². The van der Waals surface area contributed by atoms with Gasteiger partial charge in [-0.3, -0.25) is 4.79 Å². The van der Waals surface area contributed by atoms with Crippen LogP contribution in [0.1, 0.15) is 5.56 Å². The van der Waals surface area contributed by atoms with Crippen molar-refractivity contribution in [3.05, 3.63) is 40.6 Å². The number of benzene rings is 1. The highest BCUT2D eigenvalue weighted by molar-refractivity contribution is 6.31. The molecule has 0 heterocycles. The van der Waals surface area contributed by atoms with Gasteiger partial charge in [-0.05, 0) is 24.6 Å². The molecule has 1 amide bonds. The highest BCUT2D eigenvalue weighted by Crippen LogP contribution is 2.20. The lowest BCUT2D eigenvalue weighted by atomic mass is 10.2. The van der Waals surface area contributed by atoms with E-state index in [1.54, 1.807) is 37.2 Å². The van der Waals surface area contributed by atoms with Crippen LogP contribution in [0.4, 0.5) is 5.69 Å². The molecular formula is C13H14ClN3O. The zero-order valence-corrected chi connectivity index (χ0v) is 11.2. The lowest BCUT2D eigenvalue weighted by molar-refractivity contribution is -0.112. The van der Waals surface area contributed by atoms with Crippen LogP contribution in [0.5, 0.6) is 0 Å². The van der Waals surface area contributed by atoms with Crippen molar-refractivity contribution < 1.29 is 4.79 Å². The van der Waals surface area contributed by atoms with Gasteiger partial charge < -0.3 is 10.2 Å². The molecule has 94 valence electrons. The predicted octanol–water partition coefficient (Wildman–Crippen LogP) is 2.56. The summed E-state index contributed by atoms with van der Waals surface area (Å²) in [6.07, 6.45) is 1.46. The molecule has 1 aromatic rings. The zero-order chi connectivity index (χ0) is 13.7. The lowest BCUT2D eigenvalue weighted by Crippen LogP contribution is -2.16. The Morgan fingerprint density at radius 3 is 2.67 bits per heavy atom. The minimum atomic E-state index is -0.453. The topological polar surface area (TPSA) is 56.1 Å². The molecule has 0 unspecified atom stereocenters. The van der Waals surface area contributed by atoms with Crippen LogP contribution in [0, 0.1) is 18.3 Å². The van der Waals surface area contributed by atoms with Gasteiger partial charge in [-0.2, -0.15) is 5.26 Å².